The molecule has 0 aliphatic rings. The fraction of sp³-hybridized carbons (Fsp3) is 0. The summed E-state index contributed by atoms with van der Waals surface area (Å²) in [5.41, 5.74) is 13.1. The quantitative estimate of drug-likeness (QED) is 0.173. The van der Waals surface area contributed by atoms with Crippen LogP contribution in [0.5, 0.6) is 0 Å². The molecule has 15 aromatic rings. The van der Waals surface area contributed by atoms with E-state index >= 15 is 0 Å². The molecule has 6 heteroatoms. The van der Waals surface area contributed by atoms with Crippen molar-refractivity contribution in [3.8, 4) is 46.0 Å². The first-order valence-corrected chi connectivity index (χ1v) is 24.2. The number of hydrogen-bond donors (Lipinski definition) is 0. The monoisotopic (exact) mass is 914 g/mol. The summed E-state index contributed by atoms with van der Waals surface area (Å²) in [4.78, 5) is 0. The second-order valence-corrected chi connectivity index (χ2v) is 18.6. The minimum absolute atomic E-state index is 0.386. The summed E-state index contributed by atoms with van der Waals surface area (Å²) in [7, 11) is 0. The van der Waals surface area contributed by atoms with Crippen molar-refractivity contribution >= 4 is 98.0 Å². The average molecular weight is 915 g/mol. The molecule has 332 valence electrons. The highest BCUT2D eigenvalue weighted by atomic mass is 15.1. The molecule has 0 saturated carbocycles. The van der Waals surface area contributed by atoms with Gasteiger partial charge in [-0.3, -0.25) is 0 Å². The maximum absolute atomic E-state index is 12.4. The molecule has 0 atom stereocenters. The van der Waals surface area contributed by atoms with Gasteiger partial charge in [0.1, 0.15) is 23.3 Å². The van der Waals surface area contributed by atoms with Crippen LogP contribution in [0.1, 0.15) is 11.1 Å². The van der Waals surface area contributed by atoms with Crippen LogP contribution in [0.3, 0.4) is 0 Å². The standard InChI is InChI=1S/C66H38N6/c67-39-53-64(72-60-33-17-11-27-50(60)52-37-51-49-26-10-12-28-55(49)69(61(51)38-62(52)72)44-20-2-1-3-21-44)54(40-68)66(71-58-31-15-8-24-47(58)48-25-9-16-32-59(48)71)63(43-35-34-41-18-4-5-19-42(41)36-43)65(53)70-56-29-13-6-22-45(56)46-23-7-14-30-57(46)70/h1-38H. The maximum Gasteiger partial charge on any atom is 0.104 e. The number of nitriles is 2. The number of hydrogen-bond acceptors (Lipinski definition) is 2. The second-order valence-electron chi connectivity index (χ2n) is 18.6. The van der Waals surface area contributed by atoms with E-state index in [1.54, 1.807) is 0 Å². The summed E-state index contributed by atoms with van der Waals surface area (Å²) in [6.45, 7) is 0. The smallest absolute Gasteiger partial charge is 0.104 e. The van der Waals surface area contributed by atoms with E-state index in [4.69, 9.17) is 0 Å². The first-order chi connectivity index (χ1) is 35.7. The zero-order valence-corrected chi connectivity index (χ0v) is 38.6. The van der Waals surface area contributed by atoms with Gasteiger partial charge in [0.2, 0.25) is 0 Å². The van der Waals surface area contributed by atoms with Crippen LogP contribution in [-0.4, -0.2) is 18.3 Å². The maximum atomic E-state index is 12.4. The van der Waals surface area contributed by atoms with Gasteiger partial charge >= 0.3 is 0 Å². The number of rotatable bonds is 5. The molecular formula is C66H38N6. The molecule has 15 rings (SSSR count). The summed E-state index contributed by atoms with van der Waals surface area (Å²) < 4.78 is 9.12. The fourth-order valence-corrected chi connectivity index (χ4v) is 12.1. The number of fused-ring (bicyclic) bond motifs is 13. The highest BCUT2D eigenvalue weighted by Crippen LogP contribution is 2.50. The predicted molar refractivity (Wildman–Crippen MR) is 296 cm³/mol. The lowest BCUT2D eigenvalue weighted by atomic mass is 9.90. The molecule has 0 aliphatic carbocycles. The van der Waals surface area contributed by atoms with Gasteiger partial charge < -0.3 is 18.3 Å². The van der Waals surface area contributed by atoms with Crippen molar-refractivity contribution in [1.29, 1.82) is 10.5 Å². The van der Waals surface area contributed by atoms with Gasteiger partial charge in [-0.15, -0.1) is 0 Å². The van der Waals surface area contributed by atoms with Crippen molar-refractivity contribution in [1.82, 2.24) is 18.3 Å². The van der Waals surface area contributed by atoms with Gasteiger partial charge in [-0.1, -0.05) is 164 Å². The van der Waals surface area contributed by atoms with E-state index in [0.29, 0.717) is 28.2 Å². The third-order valence-electron chi connectivity index (χ3n) is 15.0. The summed E-state index contributed by atoms with van der Waals surface area (Å²) in [5.74, 6) is 0. The summed E-state index contributed by atoms with van der Waals surface area (Å²) in [6, 6.07) is 86.6. The van der Waals surface area contributed by atoms with Crippen molar-refractivity contribution < 1.29 is 0 Å². The van der Waals surface area contributed by atoms with Crippen molar-refractivity contribution in [2.45, 2.75) is 0 Å². The van der Waals surface area contributed by atoms with Crippen molar-refractivity contribution in [2.75, 3.05) is 0 Å². The molecule has 0 bridgehead atoms. The van der Waals surface area contributed by atoms with E-state index in [0.717, 1.165) is 115 Å². The van der Waals surface area contributed by atoms with Gasteiger partial charge in [0.05, 0.1) is 61.2 Å². The molecule has 0 radical (unpaired) electrons. The van der Waals surface area contributed by atoms with E-state index in [1.165, 1.54) is 0 Å². The van der Waals surface area contributed by atoms with Crippen molar-refractivity contribution in [3.05, 3.63) is 242 Å². The molecule has 4 aromatic heterocycles. The number of benzene rings is 11. The van der Waals surface area contributed by atoms with Crippen LogP contribution in [0, 0.1) is 22.7 Å². The van der Waals surface area contributed by atoms with Crippen LogP contribution in [0.15, 0.2) is 231 Å². The molecule has 11 aromatic carbocycles. The fourth-order valence-electron chi connectivity index (χ4n) is 12.1. The van der Waals surface area contributed by atoms with E-state index in [2.05, 4.69) is 255 Å². The molecule has 0 spiro atoms. The van der Waals surface area contributed by atoms with Crippen molar-refractivity contribution in [2.24, 2.45) is 0 Å². The van der Waals surface area contributed by atoms with Crippen LogP contribution >= 0.6 is 0 Å². The first-order valence-electron chi connectivity index (χ1n) is 24.2. The molecular weight excluding hydrogens is 877 g/mol. The average Bonchev–Trinajstić information content (AvgIpc) is 4.16. The Morgan fingerprint density at radius 1 is 0.264 bits per heavy atom. The Hall–Kier alpha value is -10.1. The lowest BCUT2D eigenvalue weighted by Gasteiger charge is -2.26. The largest absolute Gasteiger partial charge is 0.309 e. The SMILES string of the molecule is N#Cc1c(-n2c3ccccc3c3cc4c5ccccc5n(-c5ccccc5)c4cc32)c(C#N)c(-n2c3ccccc3c3ccccc32)c(-c2ccc3ccccc3c2)c1-n1c2ccccc2c2ccccc21. The Labute approximate surface area is 412 Å². The molecule has 0 amide bonds. The molecule has 6 nitrogen and oxygen atoms in total. The number of aromatic nitrogens is 4. The topological polar surface area (TPSA) is 67.3 Å². The van der Waals surface area contributed by atoms with Crippen LogP contribution < -0.4 is 0 Å². The predicted octanol–water partition coefficient (Wildman–Crippen LogP) is 16.6. The Morgan fingerprint density at radius 3 is 1.08 bits per heavy atom. The molecule has 0 aliphatic heterocycles. The van der Waals surface area contributed by atoms with Gasteiger partial charge in [-0.2, -0.15) is 10.5 Å². The zero-order chi connectivity index (χ0) is 47.6. The minimum atomic E-state index is 0.386. The van der Waals surface area contributed by atoms with Crippen LogP contribution in [-0.2, 0) is 0 Å². The van der Waals surface area contributed by atoms with E-state index < -0.39 is 0 Å². The lowest BCUT2D eigenvalue weighted by molar-refractivity contribution is 1.08. The summed E-state index contributed by atoms with van der Waals surface area (Å²) in [5, 5.41) is 35.5. The van der Waals surface area contributed by atoms with E-state index in [1.807, 2.05) is 6.07 Å². The molecule has 4 heterocycles. The number of nitrogens with zero attached hydrogens (tertiary/aromatic N) is 6. The Morgan fingerprint density at radius 2 is 0.625 bits per heavy atom. The molecule has 0 fully saturated rings. The normalized spacial score (nSPS) is 11.9. The second kappa shape index (κ2) is 15.2. The third-order valence-corrected chi connectivity index (χ3v) is 15.0. The van der Waals surface area contributed by atoms with Crippen LogP contribution in [0.25, 0.3) is 132 Å². The highest BCUT2D eigenvalue weighted by Gasteiger charge is 2.33. The summed E-state index contributed by atoms with van der Waals surface area (Å²) >= 11 is 0. The lowest BCUT2D eigenvalue weighted by Crippen LogP contribution is -2.14. The summed E-state index contributed by atoms with van der Waals surface area (Å²) in [6.07, 6.45) is 0. The van der Waals surface area contributed by atoms with Crippen LogP contribution in [0.4, 0.5) is 0 Å². The first kappa shape index (κ1) is 39.8. The Balaban J connectivity index is 1.22. The minimum Gasteiger partial charge on any atom is -0.309 e. The van der Waals surface area contributed by atoms with Crippen LogP contribution in [0.2, 0.25) is 0 Å². The van der Waals surface area contributed by atoms with Crippen molar-refractivity contribution in [3.63, 3.8) is 0 Å². The van der Waals surface area contributed by atoms with Gasteiger partial charge in [0.15, 0.2) is 0 Å². The van der Waals surface area contributed by atoms with Gasteiger partial charge in [0.25, 0.3) is 0 Å². The molecule has 72 heavy (non-hydrogen) atoms. The van der Waals surface area contributed by atoms with Gasteiger partial charge in [-0.05, 0) is 83.1 Å². The highest BCUT2D eigenvalue weighted by molar-refractivity contribution is 6.20. The van der Waals surface area contributed by atoms with E-state index in [-0.39, 0.29) is 0 Å². The van der Waals surface area contributed by atoms with Gasteiger partial charge in [-0.25, -0.2) is 0 Å². The third kappa shape index (κ3) is 5.41. The molecule has 0 N–H and O–H groups in total. The zero-order valence-electron chi connectivity index (χ0n) is 38.6. The number of para-hydroxylation sites is 7. The Kier molecular flexibility index (Phi) is 8.39. The van der Waals surface area contributed by atoms with Gasteiger partial charge in [0, 0.05) is 54.3 Å². The molecule has 0 saturated heterocycles. The van der Waals surface area contributed by atoms with E-state index in [9.17, 15) is 10.5 Å². The Bertz CT molecular complexity index is 4630. The molecule has 0 unspecified atom stereocenters.